The third-order valence-electron chi connectivity index (χ3n) is 7.59. The molecule has 1 saturated heterocycles. The summed E-state index contributed by atoms with van der Waals surface area (Å²) in [5, 5.41) is 14.6. The van der Waals surface area contributed by atoms with E-state index in [1.165, 1.54) is 40.1 Å². The average molecular weight is 553 g/mol. The van der Waals surface area contributed by atoms with Crippen molar-refractivity contribution in [1.82, 2.24) is 4.90 Å². The van der Waals surface area contributed by atoms with Gasteiger partial charge in [0.1, 0.15) is 5.75 Å². The minimum absolute atomic E-state index is 0.0417. The molecule has 3 atom stereocenters. The van der Waals surface area contributed by atoms with Gasteiger partial charge < -0.3 is 29.0 Å². The second-order valence-electron chi connectivity index (χ2n) is 10.8. The second kappa shape index (κ2) is 15.5. The van der Waals surface area contributed by atoms with Gasteiger partial charge in [0.15, 0.2) is 11.5 Å². The Labute approximate surface area is 240 Å². The number of amides is 1. The van der Waals surface area contributed by atoms with Crippen molar-refractivity contribution in [3.05, 3.63) is 70.9 Å². The Kier molecular flexibility index (Phi) is 12.7. The van der Waals surface area contributed by atoms with Crippen molar-refractivity contribution < 1.29 is 23.7 Å². The number of rotatable bonds is 2. The van der Waals surface area contributed by atoms with Crippen molar-refractivity contribution in [3.63, 3.8) is 0 Å². The maximum atomic E-state index is 12.1. The topological polar surface area (TPSA) is 71.1 Å². The number of hydroxylamine groups is 3. The maximum absolute atomic E-state index is 12.1. The van der Waals surface area contributed by atoms with E-state index in [0.29, 0.717) is 18.9 Å². The van der Waals surface area contributed by atoms with Gasteiger partial charge >= 0.3 is 0 Å². The number of fused-ring (bicyclic) bond motifs is 2. The SMILES string of the molecule is CC(=O)N(C)C.CC[N+]1([O-])[C@H](C)CCC[C@@H]1C.COc1ccc2cc(C)ccc2c1.Cc1ccc2c(c1)OCO2. The molecular formula is C33H48N2O5. The molecule has 1 fully saturated rings. The largest absolute Gasteiger partial charge is 0.632 e. The molecule has 3 aromatic rings. The Bertz CT molecular complexity index is 1220. The fourth-order valence-corrected chi connectivity index (χ4v) is 4.68. The number of hydrogen-bond donors (Lipinski definition) is 0. The molecule has 1 unspecified atom stereocenters. The molecule has 0 spiro atoms. The predicted octanol–water partition coefficient (Wildman–Crippen LogP) is 7.26. The number of hydrogen-bond acceptors (Lipinski definition) is 5. The summed E-state index contributed by atoms with van der Waals surface area (Å²) in [6.45, 7) is 12.9. The lowest BCUT2D eigenvalue weighted by atomic mass is 9.97. The summed E-state index contributed by atoms with van der Waals surface area (Å²) < 4.78 is 15.5. The van der Waals surface area contributed by atoms with Gasteiger partial charge in [0.2, 0.25) is 12.7 Å². The van der Waals surface area contributed by atoms with Gasteiger partial charge in [0.25, 0.3) is 0 Å². The van der Waals surface area contributed by atoms with Crippen LogP contribution in [-0.2, 0) is 4.79 Å². The van der Waals surface area contributed by atoms with Crippen molar-refractivity contribution in [2.24, 2.45) is 0 Å². The molecule has 0 aromatic heterocycles. The van der Waals surface area contributed by atoms with E-state index >= 15 is 0 Å². The highest BCUT2D eigenvalue weighted by atomic mass is 16.7. The van der Waals surface area contributed by atoms with E-state index in [9.17, 15) is 10.0 Å². The van der Waals surface area contributed by atoms with Gasteiger partial charge in [-0.2, -0.15) is 0 Å². The standard InChI is InChI=1S/C12H12O.C9H19NO.C8H8O2.C4H9NO/c1-9-3-4-11-8-12(13-2)6-5-10(11)7-9;1-4-10(11)8(2)6-5-7-9(10)3;1-6-2-3-7-8(4-6)10-5-9-7;1-4(6)5(2)3/h3-8H,1-2H3;8-9H,4-7H2,1-3H3;2-4H,5H2,1H3;1-3H3/t;8-,9+,10?;;. The number of nitrogens with zero attached hydrogens (tertiary/aromatic N) is 2. The van der Waals surface area contributed by atoms with Crippen LogP contribution in [0.1, 0.15) is 58.1 Å². The number of ether oxygens (including phenoxy) is 3. The zero-order valence-electron chi connectivity index (χ0n) is 25.8. The second-order valence-corrected chi connectivity index (χ2v) is 10.8. The summed E-state index contributed by atoms with van der Waals surface area (Å²) in [5.74, 6) is 2.72. The molecule has 40 heavy (non-hydrogen) atoms. The summed E-state index contributed by atoms with van der Waals surface area (Å²) in [7, 11) is 5.14. The molecule has 1 amide bonds. The zero-order chi connectivity index (χ0) is 29.9. The van der Waals surface area contributed by atoms with Crippen LogP contribution in [0.3, 0.4) is 0 Å². The van der Waals surface area contributed by atoms with Gasteiger partial charge in [-0.25, -0.2) is 0 Å². The van der Waals surface area contributed by atoms with Gasteiger partial charge in [-0.1, -0.05) is 35.9 Å². The Hall–Kier alpha value is -3.29. The molecule has 2 aliphatic rings. The predicted molar refractivity (Wildman–Crippen MR) is 164 cm³/mol. The lowest BCUT2D eigenvalue weighted by Gasteiger charge is -2.54. The number of carbonyl (C=O) groups is 1. The number of carbonyl (C=O) groups excluding carboxylic acids is 1. The number of methoxy groups -OCH3 is 1. The van der Waals surface area contributed by atoms with Crippen molar-refractivity contribution in [2.45, 2.75) is 72.9 Å². The number of benzene rings is 3. The fourth-order valence-electron chi connectivity index (χ4n) is 4.68. The molecule has 0 N–H and O–H groups in total. The summed E-state index contributed by atoms with van der Waals surface area (Å²) in [5.41, 5.74) is 2.49. The molecule has 2 heterocycles. The number of likely N-dealkylation sites (tertiary alicyclic amines) is 1. The van der Waals surface area contributed by atoms with Gasteiger partial charge in [0.05, 0.1) is 25.7 Å². The summed E-state index contributed by atoms with van der Waals surface area (Å²) in [4.78, 5) is 11.6. The molecular weight excluding hydrogens is 504 g/mol. The molecule has 0 saturated carbocycles. The van der Waals surface area contributed by atoms with E-state index < -0.39 is 0 Å². The Morgan fingerprint density at radius 3 is 2.00 bits per heavy atom. The molecule has 0 radical (unpaired) electrons. The summed E-state index contributed by atoms with van der Waals surface area (Å²) in [6.07, 6.45) is 3.47. The number of aryl methyl sites for hydroxylation is 2. The van der Waals surface area contributed by atoms with Crippen LogP contribution < -0.4 is 14.2 Å². The van der Waals surface area contributed by atoms with E-state index in [1.54, 1.807) is 21.2 Å². The molecule has 7 nitrogen and oxygen atoms in total. The van der Waals surface area contributed by atoms with Crippen LogP contribution in [0.15, 0.2) is 54.6 Å². The fraction of sp³-hybridized carbons (Fsp3) is 0.485. The summed E-state index contributed by atoms with van der Waals surface area (Å²) >= 11 is 0. The first-order chi connectivity index (χ1) is 18.9. The van der Waals surface area contributed by atoms with Crippen LogP contribution in [0.4, 0.5) is 0 Å². The van der Waals surface area contributed by atoms with Crippen LogP contribution in [-0.4, -0.2) is 62.1 Å². The third kappa shape index (κ3) is 9.42. The average Bonchev–Trinajstić information content (AvgIpc) is 3.40. The van der Waals surface area contributed by atoms with Crippen LogP contribution in [0, 0.1) is 19.1 Å². The van der Waals surface area contributed by atoms with Crippen molar-refractivity contribution >= 4 is 16.7 Å². The monoisotopic (exact) mass is 552 g/mol. The zero-order valence-corrected chi connectivity index (χ0v) is 25.8. The smallest absolute Gasteiger partial charge is 0.231 e. The van der Waals surface area contributed by atoms with Crippen molar-refractivity contribution in [2.75, 3.05) is 34.5 Å². The first-order valence-electron chi connectivity index (χ1n) is 14.1. The minimum atomic E-state index is 0.0417. The van der Waals surface area contributed by atoms with Crippen molar-refractivity contribution in [1.29, 1.82) is 0 Å². The van der Waals surface area contributed by atoms with Gasteiger partial charge in [-0.05, 0) is 94.5 Å². The van der Waals surface area contributed by atoms with Gasteiger partial charge in [-0.3, -0.25) is 4.79 Å². The Morgan fingerprint density at radius 1 is 0.925 bits per heavy atom. The molecule has 0 bridgehead atoms. The molecule has 3 aromatic carbocycles. The van der Waals surface area contributed by atoms with Crippen LogP contribution >= 0.6 is 0 Å². The van der Waals surface area contributed by atoms with E-state index in [-0.39, 0.29) is 10.6 Å². The summed E-state index contributed by atoms with van der Waals surface area (Å²) in [6, 6.07) is 19.1. The van der Waals surface area contributed by atoms with Crippen LogP contribution in [0.25, 0.3) is 10.8 Å². The Balaban J connectivity index is 0.000000193. The molecule has 220 valence electrons. The first kappa shape index (κ1) is 32.9. The molecule has 2 aliphatic heterocycles. The lowest BCUT2D eigenvalue weighted by Crippen LogP contribution is -2.57. The highest BCUT2D eigenvalue weighted by Gasteiger charge is 2.32. The normalized spacial score (nSPS) is 20.6. The molecule has 7 heteroatoms. The van der Waals surface area contributed by atoms with Gasteiger partial charge in [0, 0.05) is 21.0 Å². The maximum Gasteiger partial charge on any atom is 0.231 e. The Morgan fingerprint density at radius 2 is 1.45 bits per heavy atom. The quantitative estimate of drug-likeness (QED) is 0.247. The number of piperidine rings is 1. The highest BCUT2D eigenvalue weighted by molar-refractivity contribution is 5.84. The first-order valence-corrected chi connectivity index (χ1v) is 14.1. The lowest BCUT2D eigenvalue weighted by molar-refractivity contribution is -0.929. The molecule has 0 aliphatic carbocycles. The third-order valence-corrected chi connectivity index (χ3v) is 7.59. The van der Waals surface area contributed by atoms with E-state index in [4.69, 9.17) is 14.2 Å². The minimum Gasteiger partial charge on any atom is -0.632 e. The van der Waals surface area contributed by atoms with Crippen LogP contribution in [0.5, 0.6) is 17.2 Å². The highest BCUT2D eigenvalue weighted by Crippen LogP contribution is 2.32. The number of quaternary nitrogens is 1. The van der Waals surface area contributed by atoms with E-state index in [2.05, 4.69) is 51.1 Å². The van der Waals surface area contributed by atoms with E-state index in [0.717, 1.165) is 36.6 Å². The van der Waals surface area contributed by atoms with Crippen molar-refractivity contribution in [3.8, 4) is 17.2 Å². The van der Waals surface area contributed by atoms with Crippen LogP contribution in [0.2, 0.25) is 0 Å². The molecule has 5 rings (SSSR count). The van der Waals surface area contributed by atoms with Gasteiger partial charge in [-0.15, -0.1) is 0 Å². The van der Waals surface area contributed by atoms with E-state index in [1.807, 2.05) is 38.1 Å².